The van der Waals surface area contributed by atoms with Gasteiger partial charge in [0.2, 0.25) is 5.91 Å². The second-order valence-corrected chi connectivity index (χ2v) is 7.36. The molecule has 2 aliphatic heterocycles. The van der Waals surface area contributed by atoms with E-state index in [9.17, 15) is 14.4 Å². The Labute approximate surface area is 158 Å². The first-order valence-corrected chi connectivity index (χ1v) is 9.39. The maximum absolute atomic E-state index is 12.7. The molecule has 27 heavy (non-hydrogen) atoms. The number of carbonyl (C=O) groups excluding carboxylic acids is 2. The van der Waals surface area contributed by atoms with E-state index >= 15 is 0 Å². The van der Waals surface area contributed by atoms with Crippen LogP contribution in [-0.4, -0.2) is 72.6 Å². The third-order valence-corrected chi connectivity index (χ3v) is 5.38. The lowest BCUT2D eigenvalue weighted by Gasteiger charge is -2.32. The second-order valence-electron chi connectivity index (χ2n) is 7.36. The number of piperidine rings is 1. The molecule has 1 aromatic carbocycles. The van der Waals surface area contributed by atoms with Gasteiger partial charge in [0.05, 0.1) is 19.1 Å². The van der Waals surface area contributed by atoms with Crippen LogP contribution < -0.4 is 0 Å². The van der Waals surface area contributed by atoms with Gasteiger partial charge in [-0.15, -0.1) is 0 Å². The Hall–Kier alpha value is -2.41. The smallest absolute Gasteiger partial charge is 0.308 e. The normalized spacial score (nSPS) is 22.5. The number of benzene rings is 1. The molecule has 0 bridgehead atoms. The van der Waals surface area contributed by atoms with Gasteiger partial charge in [0, 0.05) is 38.2 Å². The number of likely N-dealkylation sites (N-methyl/N-ethyl adjacent to an activating group) is 1. The summed E-state index contributed by atoms with van der Waals surface area (Å²) in [6.07, 6.45) is 2.21. The fourth-order valence-corrected chi connectivity index (χ4v) is 3.72. The highest BCUT2D eigenvalue weighted by atomic mass is 16.5. The summed E-state index contributed by atoms with van der Waals surface area (Å²) < 4.78 is 5.42. The Kier molecular flexibility index (Phi) is 6.11. The molecule has 2 unspecified atom stereocenters. The van der Waals surface area contributed by atoms with Gasteiger partial charge in [0.25, 0.3) is 5.91 Å². The number of carbonyl (C=O) groups is 3. The zero-order chi connectivity index (χ0) is 19.4. The topological polar surface area (TPSA) is 87.2 Å². The van der Waals surface area contributed by atoms with Crippen LogP contribution in [-0.2, 0) is 14.3 Å². The molecule has 146 valence electrons. The van der Waals surface area contributed by atoms with Crippen LogP contribution in [0.2, 0.25) is 0 Å². The van der Waals surface area contributed by atoms with Gasteiger partial charge in [-0.25, -0.2) is 0 Å². The summed E-state index contributed by atoms with van der Waals surface area (Å²) in [4.78, 5) is 39.4. The first-order valence-electron chi connectivity index (χ1n) is 9.39. The first kappa shape index (κ1) is 19.4. The van der Waals surface area contributed by atoms with Gasteiger partial charge in [-0.2, -0.15) is 0 Å². The minimum absolute atomic E-state index is 0.0536. The molecule has 2 atom stereocenters. The quantitative estimate of drug-likeness (QED) is 0.846. The molecule has 0 spiro atoms. The number of carboxylic acids is 1. The van der Waals surface area contributed by atoms with Gasteiger partial charge in [-0.1, -0.05) is 12.1 Å². The summed E-state index contributed by atoms with van der Waals surface area (Å²) in [7, 11) is 1.60. The molecule has 1 aromatic rings. The van der Waals surface area contributed by atoms with Gasteiger partial charge in [0.1, 0.15) is 0 Å². The van der Waals surface area contributed by atoms with Crippen molar-refractivity contribution in [3.8, 4) is 0 Å². The molecule has 7 heteroatoms. The predicted molar refractivity (Wildman–Crippen MR) is 98.5 cm³/mol. The summed E-state index contributed by atoms with van der Waals surface area (Å²) in [5.74, 6) is -1.50. The number of hydrogen-bond donors (Lipinski definition) is 1. The van der Waals surface area contributed by atoms with Crippen molar-refractivity contribution < 1.29 is 24.2 Å². The lowest BCUT2D eigenvalue weighted by atomic mass is 9.96. The van der Waals surface area contributed by atoms with Gasteiger partial charge in [-0.3, -0.25) is 14.4 Å². The average Bonchev–Trinajstić information content (AvgIpc) is 3.22. The van der Waals surface area contributed by atoms with Crippen LogP contribution in [0, 0.1) is 5.92 Å². The van der Waals surface area contributed by atoms with E-state index < -0.39 is 11.9 Å². The predicted octanol–water partition coefficient (Wildman–Crippen LogP) is 1.59. The van der Waals surface area contributed by atoms with Gasteiger partial charge < -0.3 is 19.6 Å². The Morgan fingerprint density at radius 3 is 2.81 bits per heavy atom. The van der Waals surface area contributed by atoms with E-state index in [1.807, 2.05) is 18.2 Å². The molecular formula is C20H26N2O5. The maximum Gasteiger partial charge on any atom is 0.308 e. The Balaban J connectivity index is 1.61. The van der Waals surface area contributed by atoms with Crippen molar-refractivity contribution in [1.82, 2.24) is 9.80 Å². The molecule has 2 heterocycles. The highest BCUT2D eigenvalue weighted by Gasteiger charge is 2.29. The van der Waals surface area contributed by atoms with Crippen LogP contribution in [0.25, 0.3) is 0 Å². The molecule has 2 amide bonds. The van der Waals surface area contributed by atoms with Gasteiger partial charge in [0.15, 0.2) is 0 Å². The maximum atomic E-state index is 12.7. The summed E-state index contributed by atoms with van der Waals surface area (Å²) in [5.41, 5.74) is 1.63. The molecule has 0 aromatic heterocycles. The number of amides is 2. The summed E-state index contributed by atoms with van der Waals surface area (Å²) in [6, 6.07) is 7.49. The zero-order valence-corrected chi connectivity index (χ0v) is 15.6. The van der Waals surface area contributed by atoms with Crippen LogP contribution in [0.1, 0.15) is 41.1 Å². The van der Waals surface area contributed by atoms with Crippen molar-refractivity contribution in [2.75, 3.05) is 39.9 Å². The third-order valence-electron chi connectivity index (χ3n) is 5.38. The standard InChI is InChI=1S/C20H26N2O5/c1-21(12-18(23)22-8-3-6-16(11-22)20(25)26)19(24)15-5-2-4-14(10-15)17-7-9-27-13-17/h2,4-5,10,16-17H,3,6-9,11-13H2,1H3,(H,25,26). The highest BCUT2D eigenvalue weighted by Crippen LogP contribution is 2.26. The minimum atomic E-state index is -0.871. The second kappa shape index (κ2) is 8.52. The molecule has 7 nitrogen and oxygen atoms in total. The van der Waals surface area contributed by atoms with Crippen molar-refractivity contribution in [2.45, 2.75) is 25.2 Å². The summed E-state index contributed by atoms with van der Waals surface area (Å²) in [6.45, 7) is 2.12. The van der Waals surface area contributed by atoms with E-state index in [1.54, 1.807) is 18.0 Å². The number of aliphatic carboxylic acids is 1. The number of likely N-dealkylation sites (tertiary alicyclic amines) is 1. The van der Waals surface area contributed by atoms with Crippen LogP contribution in [0.5, 0.6) is 0 Å². The third kappa shape index (κ3) is 4.66. The Bertz CT molecular complexity index is 714. The average molecular weight is 374 g/mol. The molecule has 0 radical (unpaired) electrons. The van der Waals surface area contributed by atoms with Crippen molar-refractivity contribution >= 4 is 17.8 Å². The lowest BCUT2D eigenvalue weighted by molar-refractivity contribution is -0.145. The molecular weight excluding hydrogens is 348 g/mol. The summed E-state index contributed by atoms with van der Waals surface area (Å²) >= 11 is 0. The van der Waals surface area contributed by atoms with Crippen LogP contribution in [0.15, 0.2) is 24.3 Å². The van der Waals surface area contributed by atoms with Crippen molar-refractivity contribution in [1.29, 1.82) is 0 Å². The molecule has 2 aliphatic rings. The number of ether oxygens (including phenoxy) is 1. The van der Waals surface area contributed by atoms with Crippen molar-refractivity contribution in [2.24, 2.45) is 5.92 Å². The molecule has 0 aliphatic carbocycles. The molecule has 2 saturated heterocycles. The zero-order valence-electron chi connectivity index (χ0n) is 15.6. The monoisotopic (exact) mass is 374 g/mol. The van der Waals surface area contributed by atoms with E-state index in [1.165, 1.54) is 4.90 Å². The fraction of sp³-hybridized carbons (Fsp3) is 0.550. The number of nitrogens with zero attached hydrogens (tertiary/aromatic N) is 2. The molecule has 1 N–H and O–H groups in total. The van der Waals surface area contributed by atoms with Gasteiger partial charge in [-0.05, 0) is 37.0 Å². The van der Waals surface area contributed by atoms with E-state index in [2.05, 4.69) is 0 Å². The lowest BCUT2D eigenvalue weighted by Crippen LogP contribution is -2.46. The van der Waals surface area contributed by atoms with Crippen LogP contribution >= 0.6 is 0 Å². The fourth-order valence-electron chi connectivity index (χ4n) is 3.72. The Morgan fingerprint density at radius 2 is 2.11 bits per heavy atom. The largest absolute Gasteiger partial charge is 0.481 e. The van der Waals surface area contributed by atoms with Crippen molar-refractivity contribution in [3.63, 3.8) is 0 Å². The SMILES string of the molecule is CN(CC(=O)N1CCCC(C(=O)O)C1)C(=O)c1cccc(C2CCOC2)c1. The highest BCUT2D eigenvalue weighted by molar-refractivity contribution is 5.96. The van der Waals surface area contributed by atoms with Gasteiger partial charge >= 0.3 is 5.97 Å². The van der Waals surface area contributed by atoms with Crippen LogP contribution in [0.4, 0.5) is 0 Å². The first-order chi connectivity index (χ1) is 13.0. The van der Waals surface area contributed by atoms with E-state index in [4.69, 9.17) is 9.84 Å². The summed E-state index contributed by atoms with van der Waals surface area (Å²) in [5, 5.41) is 9.16. The van der Waals surface area contributed by atoms with E-state index in [0.717, 1.165) is 18.6 Å². The molecule has 2 fully saturated rings. The van der Waals surface area contributed by atoms with Crippen molar-refractivity contribution in [3.05, 3.63) is 35.4 Å². The molecule has 3 rings (SSSR count). The molecule has 0 saturated carbocycles. The minimum Gasteiger partial charge on any atom is -0.481 e. The van der Waals surface area contributed by atoms with E-state index in [-0.39, 0.29) is 24.9 Å². The number of carboxylic acid groups (broad SMARTS) is 1. The number of hydrogen-bond acceptors (Lipinski definition) is 4. The van der Waals surface area contributed by atoms with Crippen LogP contribution in [0.3, 0.4) is 0 Å². The number of rotatable bonds is 5. The Morgan fingerprint density at radius 1 is 1.30 bits per heavy atom. The van der Waals surface area contributed by atoms with E-state index in [0.29, 0.717) is 37.5 Å².